The van der Waals surface area contributed by atoms with Gasteiger partial charge in [-0.15, -0.1) is 0 Å². The van der Waals surface area contributed by atoms with Crippen molar-refractivity contribution in [2.45, 2.75) is 25.3 Å². The molecule has 1 aliphatic rings. The molecule has 1 saturated heterocycles. The zero-order valence-corrected chi connectivity index (χ0v) is 14.5. The summed E-state index contributed by atoms with van der Waals surface area (Å²) in [4.78, 5) is 22.8. The van der Waals surface area contributed by atoms with Gasteiger partial charge in [0.25, 0.3) is 5.91 Å². The summed E-state index contributed by atoms with van der Waals surface area (Å²) in [6.07, 6.45) is 5.72. The summed E-state index contributed by atoms with van der Waals surface area (Å²) in [5.41, 5.74) is 0.926. The zero-order chi connectivity index (χ0) is 18.2. The van der Waals surface area contributed by atoms with E-state index in [1.54, 1.807) is 30.6 Å². The van der Waals surface area contributed by atoms with Crippen LogP contribution in [0.15, 0.2) is 42.7 Å². The summed E-state index contributed by atoms with van der Waals surface area (Å²) in [5, 5.41) is 11.7. The van der Waals surface area contributed by atoms with E-state index in [1.165, 1.54) is 0 Å². The predicted molar refractivity (Wildman–Crippen MR) is 96.7 cm³/mol. The van der Waals surface area contributed by atoms with Gasteiger partial charge in [-0.1, -0.05) is 12.1 Å². The minimum Gasteiger partial charge on any atom is -0.484 e. The van der Waals surface area contributed by atoms with Crippen LogP contribution in [-0.2, 0) is 11.2 Å². The number of nitrogens with one attached hydrogen (secondary N) is 1. The van der Waals surface area contributed by atoms with Crippen molar-refractivity contribution in [2.24, 2.45) is 0 Å². The monoisotopic (exact) mass is 351 g/mol. The smallest absolute Gasteiger partial charge is 0.258 e. The molecular formula is C19H21N5O2. The highest BCUT2D eigenvalue weighted by atomic mass is 16.5. The number of carbonyl (C=O) groups is 1. The molecule has 1 N–H and O–H groups in total. The molecule has 1 amide bonds. The van der Waals surface area contributed by atoms with Crippen molar-refractivity contribution >= 4 is 11.9 Å². The summed E-state index contributed by atoms with van der Waals surface area (Å²) in [5.74, 6) is 1.16. The average Bonchev–Trinajstić information content (AvgIpc) is 2.69. The van der Waals surface area contributed by atoms with Crippen LogP contribution in [0.2, 0.25) is 0 Å². The van der Waals surface area contributed by atoms with Crippen LogP contribution in [0.5, 0.6) is 5.75 Å². The summed E-state index contributed by atoms with van der Waals surface area (Å²) >= 11 is 0. The van der Waals surface area contributed by atoms with Gasteiger partial charge in [-0.05, 0) is 36.6 Å². The number of rotatable bonds is 6. The van der Waals surface area contributed by atoms with E-state index in [0.717, 1.165) is 24.9 Å². The number of carbonyl (C=O) groups excluding carboxylic acids is 1. The van der Waals surface area contributed by atoms with Crippen LogP contribution in [0.4, 0.5) is 5.95 Å². The Balaban J connectivity index is 1.46. The lowest BCUT2D eigenvalue weighted by Gasteiger charge is -2.33. The van der Waals surface area contributed by atoms with Crippen molar-refractivity contribution in [2.75, 3.05) is 24.6 Å². The molecule has 3 rings (SSSR count). The van der Waals surface area contributed by atoms with Gasteiger partial charge in [0.2, 0.25) is 5.95 Å². The molecule has 0 radical (unpaired) electrons. The van der Waals surface area contributed by atoms with E-state index in [4.69, 9.17) is 10.00 Å². The van der Waals surface area contributed by atoms with Gasteiger partial charge >= 0.3 is 0 Å². The van der Waals surface area contributed by atoms with Crippen LogP contribution in [0.25, 0.3) is 0 Å². The lowest BCUT2D eigenvalue weighted by atomic mass is 10.1. The fraction of sp³-hybridized carbons (Fsp3) is 0.368. The van der Waals surface area contributed by atoms with E-state index >= 15 is 0 Å². The molecule has 1 fully saturated rings. The Bertz CT molecular complexity index is 758. The minimum atomic E-state index is -0.146. The van der Waals surface area contributed by atoms with Crippen molar-refractivity contribution in [1.82, 2.24) is 15.3 Å². The standard InChI is InChI=1S/C19H21N5O2/c20-9-8-15-4-6-17(7-5-15)26-14-18(25)23-16-3-1-12-24(13-16)19-21-10-2-11-22-19/h2,4-7,10-11,16H,1,3,8,12-14H2,(H,23,25). The van der Waals surface area contributed by atoms with Crippen LogP contribution < -0.4 is 15.0 Å². The maximum Gasteiger partial charge on any atom is 0.258 e. The topological polar surface area (TPSA) is 91.1 Å². The van der Waals surface area contributed by atoms with Crippen molar-refractivity contribution in [3.05, 3.63) is 48.3 Å². The first-order chi connectivity index (χ1) is 12.7. The molecule has 26 heavy (non-hydrogen) atoms. The Morgan fingerprint density at radius 2 is 2.08 bits per heavy atom. The van der Waals surface area contributed by atoms with E-state index in [1.807, 2.05) is 12.1 Å². The molecule has 1 unspecified atom stereocenters. The predicted octanol–water partition coefficient (Wildman–Crippen LogP) is 1.71. The largest absolute Gasteiger partial charge is 0.484 e. The number of amides is 1. The summed E-state index contributed by atoms with van der Waals surface area (Å²) in [6, 6.07) is 11.1. The molecule has 2 heterocycles. The van der Waals surface area contributed by atoms with Crippen molar-refractivity contribution < 1.29 is 9.53 Å². The molecule has 0 aliphatic carbocycles. The quantitative estimate of drug-likeness (QED) is 0.852. The van der Waals surface area contributed by atoms with Gasteiger partial charge in [-0.3, -0.25) is 4.79 Å². The summed E-state index contributed by atoms with van der Waals surface area (Å²) < 4.78 is 5.52. The third-order valence-electron chi connectivity index (χ3n) is 4.20. The molecule has 0 bridgehead atoms. The van der Waals surface area contributed by atoms with Crippen LogP contribution in [0.1, 0.15) is 18.4 Å². The Morgan fingerprint density at radius 1 is 1.31 bits per heavy atom. The van der Waals surface area contributed by atoms with Gasteiger partial charge in [-0.25, -0.2) is 9.97 Å². The number of anilines is 1. The number of benzene rings is 1. The number of hydrogen-bond acceptors (Lipinski definition) is 6. The molecule has 0 spiro atoms. The molecule has 134 valence electrons. The third kappa shape index (κ3) is 4.93. The van der Waals surface area contributed by atoms with Crippen LogP contribution >= 0.6 is 0 Å². The first-order valence-electron chi connectivity index (χ1n) is 8.64. The van der Waals surface area contributed by atoms with E-state index in [2.05, 4.69) is 26.3 Å². The van der Waals surface area contributed by atoms with Gasteiger partial charge in [0.1, 0.15) is 5.75 Å². The highest BCUT2D eigenvalue weighted by molar-refractivity contribution is 5.78. The van der Waals surface area contributed by atoms with Crippen molar-refractivity contribution in [1.29, 1.82) is 5.26 Å². The minimum absolute atomic E-state index is 0.0318. The van der Waals surface area contributed by atoms with Crippen molar-refractivity contribution in [3.8, 4) is 11.8 Å². The first kappa shape index (κ1) is 17.7. The number of ether oxygens (including phenoxy) is 1. The second kappa shape index (κ2) is 8.81. The fourth-order valence-corrected chi connectivity index (χ4v) is 2.94. The highest BCUT2D eigenvalue weighted by Crippen LogP contribution is 2.15. The lowest BCUT2D eigenvalue weighted by molar-refractivity contribution is -0.123. The Hall–Kier alpha value is -3.14. The van der Waals surface area contributed by atoms with Crippen LogP contribution in [0, 0.1) is 11.3 Å². The molecule has 1 aromatic carbocycles. The van der Waals surface area contributed by atoms with Gasteiger partial charge in [0.15, 0.2) is 6.61 Å². The van der Waals surface area contributed by atoms with Crippen molar-refractivity contribution in [3.63, 3.8) is 0 Å². The highest BCUT2D eigenvalue weighted by Gasteiger charge is 2.23. The molecule has 7 nitrogen and oxygen atoms in total. The van der Waals surface area contributed by atoms with Crippen LogP contribution in [-0.4, -0.2) is 41.6 Å². The normalized spacial score (nSPS) is 16.6. The molecule has 1 atom stereocenters. The summed E-state index contributed by atoms with van der Waals surface area (Å²) in [7, 11) is 0. The molecule has 1 aliphatic heterocycles. The second-order valence-corrected chi connectivity index (χ2v) is 6.17. The summed E-state index contributed by atoms with van der Waals surface area (Å²) in [6.45, 7) is 1.55. The van der Waals surface area contributed by atoms with Gasteiger partial charge < -0.3 is 15.0 Å². The SMILES string of the molecule is N#CCc1ccc(OCC(=O)NC2CCCN(c3ncccn3)C2)cc1. The molecule has 2 aromatic rings. The van der Waals surface area contributed by atoms with E-state index in [9.17, 15) is 4.79 Å². The number of hydrogen-bond donors (Lipinski definition) is 1. The lowest BCUT2D eigenvalue weighted by Crippen LogP contribution is -2.49. The van der Waals surface area contributed by atoms with E-state index in [0.29, 0.717) is 24.7 Å². The fourth-order valence-electron chi connectivity index (χ4n) is 2.94. The first-order valence-corrected chi connectivity index (χ1v) is 8.64. The van der Waals surface area contributed by atoms with Gasteiger partial charge in [0.05, 0.1) is 12.5 Å². The molecule has 0 saturated carbocycles. The number of nitrogens with zero attached hydrogens (tertiary/aromatic N) is 4. The van der Waals surface area contributed by atoms with E-state index in [-0.39, 0.29) is 18.6 Å². The van der Waals surface area contributed by atoms with Crippen LogP contribution in [0.3, 0.4) is 0 Å². The number of aromatic nitrogens is 2. The second-order valence-electron chi connectivity index (χ2n) is 6.17. The third-order valence-corrected chi connectivity index (χ3v) is 4.20. The molecule has 7 heteroatoms. The molecular weight excluding hydrogens is 330 g/mol. The number of nitriles is 1. The van der Waals surface area contributed by atoms with E-state index < -0.39 is 0 Å². The Morgan fingerprint density at radius 3 is 2.81 bits per heavy atom. The molecule has 1 aromatic heterocycles. The Labute approximate surface area is 152 Å². The van der Waals surface area contributed by atoms with Gasteiger partial charge in [-0.2, -0.15) is 5.26 Å². The van der Waals surface area contributed by atoms with Gasteiger partial charge in [0, 0.05) is 31.5 Å². The average molecular weight is 351 g/mol. The maximum atomic E-state index is 12.2. The maximum absolute atomic E-state index is 12.2. The Kier molecular flexibility index (Phi) is 5.99. The number of piperidine rings is 1. The zero-order valence-electron chi connectivity index (χ0n) is 14.5.